The SMILES string of the molecule is [2H]C([2H])([2H])c1cc([Si](C)(C)C)ccc1-c1cccc(-c2cc(-c3c(C(C)C)cc(-c4ccccc4)cc3C(C)C)c(C([2H])([2H])[2H])cn2)c1. The van der Waals surface area contributed by atoms with E-state index in [1.807, 2.05) is 60.7 Å². The number of aryl methyl sites for hydroxylation is 2. The number of rotatable bonds is 7. The molecule has 0 unspecified atom stereocenters. The van der Waals surface area contributed by atoms with Gasteiger partial charge in [-0.1, -0.05) is 131 Å². The Hall–Kier alpha value is -3.75. The maximum atomic E-state index is 8.50. The van der Waals surface area contributed by atoms with Gasteiger partial charge in [-0.3, -0.25) is 4.98 Å². The van der Waals surface area contributed by atoms with E-state index >= 15 is 0 Å². The number of pyridine rings is 1. The molecule has 214 valence electrons. The van der Waals surface area contributed by atoms with E-state index in [4.69, 9.17) is 13.2 Å². The van der Waals surface area contributed by atoms with Crippen molar-refractivity contribution in [3.63, 3.8) is 0 Å². The third kappa shape index (κ3) is 6.05. The average Bonchev–Trinajstić information content (AvgIpc) is 3.02. The molecule has 0 aliphatic rings. The van der Waals surface area contributed by atoms with E-state index in [1.54, 1.807) is 0 Å². The van der Waals surface area contributed by atoms with Crippen LogP contribution in [0.5, 0.6) is 0 Å². The topological polar surface area (TPSA) is 12.9 Å². The van der Waals surface area contributed by atoms with Crippen molar-refractivity contribution in [2.75, 3.05) is 0 Å². The monoisotopic (exact) mass is 573 g/mol. The number of hydrogen-bond acceptors (Lipinski definition) is 1. The Morgan fingerprint density at radius 3 is 1.86 bits per heavy atom. The molecule has 5 aromatic rings. The van der Waals surface area contributed by atoms with Crippen molar-refractivity contribution in [1.29, 1.82) is 0 Å². The predicted molar refractivity (Wildman–Crippen MR) is 187 cm³/mol. The molecule has 0 aliphatic carbocycles. The lowest BCUT2D eigenvalue weighted by molar-refractivity contribution is 0.838. The summed E-state index contributed by atoms with van der Waals surface area (Å²) in [6, 6.07) is 30.2. The number of aromatic nitrogens is 1. The third-order valence-corrected chi connectivity index (χ3v) is 10.1. The van der Waals surface area contributed by atoms with E-state index < -0.39 is 21.8 Å². The first kappa shape index (κ1) is 22.8. The highest BCUT2D eigenvalue weighted by Crippen LogP contribution is 2.42. The summed E-state index contributed by atoms with van der Waals surface area (Å²) in [5.41, 5.74) is 9.40. The average molecular weight is 574 g/mol. The fourth-order valence-electron chi connectivity index (χ4n) is 5.64. The van der Waals surface area contributed by atoms with Gasteiger partial charge in [0.1, 0.15) is 0 Å². The zero-order valence-electron chi connectivity index (χ0n) is 31.8. The van der Waals surface area contributed by atoms with Crippen LogP contribution in [0.1, 0.15) is 70.0 Å². The highest BCUT2D eigenvalue weighted by molar-refractivity contribution is 6.88. The molecular formula is C40H45NSi. The first-order chi connectivity index (χ1) is 22.4. The van der Waals surface area contributed by atoms with Crippen LogP contribution in [0.4, 0.5) is 0 Å². The van der Waals surface area contributed by atoms with Gasteiger partial charge in [-0.05, 0) is 93.3 Å². The maximum absolute atomic E-state index is 8.50. The summed E-state index contributed by atoms with van der Waals surface area (Å²) in [6.45, 7) is 10.6. The van der Waals surface area contributed by atoms with Crippen molar-refractivity contribution in [3.8, 4) is 44.6 Å². The number of benzene rings is 4. The molecule has 2 heteroatoms. The second-order valence-electron chi connectivity index (χ2n) is 12.9. The minimum atomic E-state index is -2.38. The maximum Gasteiger partial charge on any atom is 0.0776 e. The molecule has 1 heterocycles. The molecule has 0 saturated carbocycles. The van der Waals surface area contributed by atoms with Gasteiger partial charge in [0.15, 0.2) is 0 Å². The molecule has 0 N–H and O–H groups in total. The predicted octanol–water partition coefficient (Wildman–Crippen LogP) is 11.2. The molecule has 0 bridgehead atoms. The minimum Gasteiger partial charge on any atom is -0.256 e. The van der Waals surface area contributed by atoms with Gasteiger partial charge in [0.05, 0.1) is 13.8 Å². The molecule has 5 rings (SSSR count). The molecule has 1 nitrogen and oxygen atoms in total. The van der Waals surface area contributed by atoms with E-state index in [9.17, 15) is 0 Å². The molecule has 0 saturated heterocycles. The van der Waals surface area contributed by atoms with E-state index in [0.29, 0.717) is 22.4 Å². The van der Waals surface area contributed by atoms with Crippen LogP contribution in [0.3, 0.4) is 0 Å². The van der Waals surface area contributed by atoms with Crippen molar-refractivity contribution < 1.29 is 8.22 Å². The Labute approximate surface area is 263 Å². The lowest BCUT2D eigenvalue weighted by Gasteiger charge is -2.24. The van der Waals surface area contributed by atoms with Crippen molar-refractivity contribution in [1.82, 2.24) is 4.98 Å². The van der Waals surface area contributed by atoms with Gasteiger partial charge >= 0.3 is 0 Å². The quantitative estimate of drug-likeness (QED) is 0.176. The molecule has 0 radical (unpaired) electrons. The van der Waals surface area contributed by atoms with Gasteiger partial charge < -0.3 is 0 Å². The first-order valence-corrected chi connectivity index (χ1v) is 18.4. The summed E-state index contributed by atoms with van der Waals surface area (Å²) >= 11 is 0. The third-order valence-electron chi connectivity index (χ3n) is 8.08. The van der Waals surface area contributed by atoms with Crippen LogP contribution in [0.25, 0.3) is 44.6 Å². The van der Waals surface area contributed by atoms with E-state index in [-0.39, 0.29) is 17.4 Å². The molecule has 42 heavy (non-hydrogen) atoms. The van der Waals surface area contributed by atoms with Crippen molar-refractivity contribution in [3.05, 3.63) is 119 Å². The van der Waals surface area contributed by atoms with Gasteiger partial charge in [-0.25, -0.2) is 0 Å². The Morgan fingerprint density at radius 1 is 0.595 bits per heavy atom. The second-order valence-corrected chi connectivity index (χ2v) is 18.0. The van der Waals surface area contributed by atoms with Gasteiger partial charge in [0, 0.05) is 20.0 Å². The van der Waals surface area contributed by atoms with E-state index in [0.717, 1.165) is 44.1 Å². The highest BCUT2D eigenvalue weighted by Gasteiger charge is 2.21. The molecule has 1 aromatic heterocycles. The van der Waals surface area contributed by atoms with Crippen molar-refractivity contribution in [2.45, 2.75) is 72.9 Å². The molecule has 0 fully saturated rings. The number of hydrogen-bond donors (Lipinski definition) is 0. The molecule has 0 amide bonds. The fraction of sp³-hybridized carbons (Fsp3) is 0.275. The summed E-state index contributed by atoms with van der Waals surface area (Å²) in [5, 5.41) is 1.10. The Balaban J connectivity index is 1.74. The highest BCUT2D eigenvalue weighted by atomic mass is 28.3. The van der Waals surface area contributed by atoms with Crippen LogP contribution < -0.4 is 5.19 Å². The minimum absolute atomic E-state index is 0.128. The van der Waals surface area contributed by atoms with E-state index in [1.165, 1.54) is 6.20 Å². The van der Waals surface area contributed by atoms with Crippen molar-refractivity contribution in [2.24, 2.45) is 0 Å². The van der Waals surface area contributed by atoms with Crippen LogP contribution in [-0.2, 0) is 0 Å². The zero-order valence-corrected chi connectivity index (χ0v) is 26.8. The van der Waals surface area contributed by atoms with Gasteiger partial charge in [0.2, 0.25) is 0 Å². The second kappa shape index (κ2) is 11.9. The van der Waals surface area contributed by atoms with Crippen LogP contribution in [0.2, 0.25) is 19.6 Å². The molecule has 0 aliphatic heterocycles. The summed E-state index contributed by atoms with van der Waals surface area (Å²) in [4.78, 5) is 4.70. The zero-order chi connectivity index (χ0) is 35.2. The van der Waals surface area contributed by atoms with Crippen LogP contribution in [0, 0.1) is 13.7 Å². The molecular weight excluding hydrogens is 523 g/mol. The van der Waals surface area contributed by atoms with Crippen LogP contribution in [0.15, 0.2) is 97.2 Å². The smallest absolute Gasteiger partial charge is 0.0776 e. The van der Waals surface area contributed by atoms with Crippen LogP contribution in [-0.4, -0.2) is 13.1 Å². The van der Waals surface area contributed by atoms with Crippen molar-refractivity contribution >= 4 is 13.3 Å². The summed E-state index contributed by atoms with van der Waals surface area (Å²) in [7, 11) is -1.75. The van der Waals surface area contributed by atoms with Gasteiger partial charge in [0.25, 0.3) is 0 Å². The molecule has 0 spiro atoms. The number of nitrogens with zero attached hydrogens (tertiary/aromatic N) is 1. The summed E-state index contributed by atoms with van der Waals surface area (Å²) in [6.07, 6.45) is 1.50. The first-order valence-electron chi connectivity index (χ1n) is 17.9. The van der Waals surface area contributed by atoms with Crippen LogP contribution >= 0.6 is 0 Å². The lowest BCUT2D eigenvalue weighted by Crippen LogP contribution is -2.37. The lowest BCUT2D eigenvalue weighted by atomic mass is 9.81. The Morgan fingerprint density at radius 2 is 1.24 bits per heavy atom. The normalized spacial score (nSPS) is 14.6. The molecule has 0 atom stereocenters. The molecule has 4 aromatic carbocycles. The summed E-state index contributed by atoms with van der Waals surface area (Å²) in [5.74, 6) is 0.256. The largest absolute Gasteiger partial charge is 0.256 e. The van der Waals surface area contributed by atoms with Gasteiger partial charge in [-0.15, -0.1) is 0 Å². The fourth-order valence-corrected chi connectivity index (χ4v) is 6.80. The van der Waals surface area contributed by atoms with E-state index in [2.05, 4.69) is 77.7 Å². The Bertz CT molecular complexity index is 1900. The Kier molecular flexibility index (Phi) is 6.43. The van der Waals surface area contributed by atoms with Gasteiger partial charge in [-0.2, -0.15) is 0 Å². The standard InChI is InChI=1S/C40H45NSi/c1-26(2)36-22-33(30-14-11-10-12-15-30)23-37(27(3)4)40(36)38-24-39(41-25-29(38)6)32-17-13-16-31(21-32)35-19-18-34(20-28(35)5)42(7,8)9/h10-27H,1-9H3/i5D3,6D3. The summed E-state index contributed by atoms with van der Waals surface area (Å²) < 4.78 is 50.6.